The quantitative estimate of drug-likeness (QED) is 0.605. The normalized spacial score (nSPS) is 11.2. The molecule has 0 amide bonds. The minimum atomic E-state index is -3.71. The Morgan fingerprint density at radius 2 is 1.67 bits per heavy atom. The first-order valence-corrected chi connectivity index (χ1v) is 10.8. The standard InChI is InChI=1S/C19H19N3O3S2/c1-25-15-5-9-17(10-6-15)27(23,24)19-12-11-18(21-22-19)20-13-14-3-7-16(26-2)8-4-14/h3-12H,13H2,1-2H3,(H,20,21). The number of ether oxygens (including phenoxy) is 1. The first-order valence-electron chi connectivity index (χ1n) is 8.12. The lowest BCUT2D eigenvalue weighted by Crippen LogP contribution is -2.08. The lowest BCUT2D eigenvalue weighted by Gasteiger charge is -2.07. The van der Waals surface area contributed by atoms with Gasteiger partial charge in [-0.2, -0.15) is 0 Å². The molecule has 0 radical (unpaired) electrons. The Morgan fingerprint density at radius 3 is 2.22 bits per heavy atom. The van der Waals surface area contributed by atoms with E-state index in [9.17, 15) is 8.42 Å². The van der Waals surface area contributed by atoms with Gasteiger partial charge < -0.3 is 10.1 Å². The van der Waals surface area contributed by atoms with Gasteiger partial charge in [-0.1, -0.05) is 12.1 Å². The van der Waals surface area contributed by atoms with Crippen molar-refractivity contribution in [3.05, 3.63) is 66.2 Å². The number of rotatable bonds is 7. The number of nitrogens with one attached hydrogen (secondary N) is 1. The summed E-state index contributed by atoms with van der Waals surface area (Å²) < 4.78 is 30.3. The first kappa shape index (κ1) is 19.2. The molecule has 0 unspecified atom stereocenters. The second-order valence-corrected chi connectivity index (χ2v) is 8.41. The number of aromatic nitrogens is 2. The fraction of sp³-hybridized carbons (Fsp3) is 0.158. The molecular formula is C19H19N3O3S2. The van der Waals surface area contributed by atoms with Crippen molar-refractivity contribution in [2.75, 3.05) is 18.7 Å². The zero-order chi connectivity index (χ0) is 19.3. The molecule has 0 aliphatic carbocycles. The van der Waals surface area contributed by atoms with E-state index in [4.69, 9.17) is 4.74 Å². The van der Waals surface area contributed by atoms with Crippen molar-refractivity contribution in [3.63, 3.8) is 0 Å². The molecule has 1 aromatic heterocycles. The second-order valence-electron chi connectivity index (χ2n) is 5.64. The van der Waals surface area contributed by atoms with Gasteiger partial charge in [-0.3, -0.25) is 0 Å². The summed E-state index contributed by atoms with van der Waals surface area (Å²) in [5.41, 5.74) is 1.10. The van der Waals surface area contributed by atoms with Crippen molar-refractivity contribution in [2.24, 2.45) is 0 Å². The van der Waals surface area contributed by atoms with Crippen LogP contribution in [-0.2, 0) is 16.4 Å². The molecule has 1 N–H and O–H groups in total. The summed E-state index contributed by atoms with van der Waals surface area (Å²) in [7, 11) is -2.19. The third-order valence-corrected chi connectivity index (χ3v) is 6.32. The van der Waals surface area contributed by atoms with Gasteiger partial charge in [0.1, 0.15) is 11.6 Å². The van der Waals surface area contributed by atoms with Gasteiger partial charge in [0.15, 0.2) is 5.03 Å². The highest BCUT2D eigenvalue weighted by Crippen LogP contribution is 2.22. The highest BCUT2D eigenvalue weighted by molar-refractivity contribution is 7.98. The minimum absolute atomic E-state index is 0.0949. The topological polar surface area (TPSA) is 81.2 Å². The van der Waals surface area contributed by atoms with Crippen molar-refractivity contribution in [3.8, 4) is 5.75 Å². The Labute approximate surface area is 162 Å². The summed E-state index contributed by atoms with van der Waals surface area (Å²) in [6.45, 7) is 0.577. The maximum absolute atomic E-state index is 12.6. The number of benzene rings is 2. The van der Waals surface area contributed by atoms with Crippen LogP contribution in [-0.4, -0.2) is 32.0 Å². The Bertz CT molecular complexity index is 988. The number of hydrogen-bond acceptors (Lipinski definition) is 7. The highest BCUT2D eigenvalue weighted by Gasteiger charge is 2.19. The van der Waals surface area contributed by atoms with Gasteiger partial charge in [0.05, 0.1) is 12.0 Å². The van der Waals surface area contributed by atoms with Gasteiger partial charge in [0.2, 0.25) is 9.84 Å². The molecule has 0 fully saturated rings. The molecule has 0 saturated heterocycles. The van der Waals surface area contributed by atoms with Gasteiger partial charge in [-0.05, 0) is 60.4 Å². The van der Waals surface area contributed by atoms with E-state index in [2.05, 4.69) is 27.6 Å². The molecule has 6 nitrogen and oxygen atoms in total. The van der Waals surface area contributed by atoms with Gasteiger partial charge in [-0.15, -0.1) is 22.0 Å². The van der Waals surface area contributed by atoms with E-state index in [1.807, 2.05) is 18.4 Å². The van der Waals surface area contributed by atoms with Gasteiger partial charge in [-0.25, -0.2) is 8.42 Å². The average molecular weight is 402 g/mol. The lowest BCUT2D eigenvalue weighted by molar-refractivity contribution is 0.414. The van der Waals surface area contributed by atoms with Crippen molar-refractivity contribution < 1.29 is 13.2 Å². The van der Waals surface area contributed by atoms with E-state index in [0.717, 1.165) is 5.56 Å². The van der Waals surface area contributed by atoms with E-state index in [0.29, 0.717) is 18.1 Å². The zero-order valence-corrected chi connectivity index (χ0v) is 16.5. The molecule has 0 aliphatic heterocycles. The van der Waals surface area contributed by atoms with E-state index in [1.54, 1.807) is 30.0 Å². The van der Waals surface area contributed by atoms with Crippen LogP contribution in [0.4, 0.5) is 5.82 Å². The van der Waals surface area contributed by atoms with Gasteiger partial charge >= 0.3 is 0 Å². The van der Waals surface area contributed by atoms with Crippen molar-refractivity contribution in [1.82, 2.24) is 10.2 Å². The number of methoxy groups -OCH3 is 1. The fourth-order valence-electron chi connectivity index (χ4n) is 2.37. The number of sulfone groups is 1. The van der Waals surface area contributed by atoms with Crippen LogP contribution in [0.5, 0.6) is 5.75 Å². The third kappa shape index (κ3) is 4.58. The molecule has 0 saturated carbocycles. The highest BCUT2D eigenvalue weighted by atomic mass is 32.2. The monoisotopic (exact) mass is 401 g/mol. The molecule has 0 aliphatic rings. The van der Waals surface area contributed by atoms with Crippen molar-refractivity contribution in [1.29, 1.82) is 0 Å². The lowest BCUT2D eigenvalue weighted by atomic mass is 10.2. The summed E-state index contributed by atoms with van der Waals surface area (Å²) in [4.78, 5) is 1.35. The molecule has 3 aromatic rings. The second kappa shape index (κ2) is 8.41. The molecule has 8 heteroatoms. The SMILES string of the molecule is COc1ccc(S(=O)(=O)c2ccc(NCc3ccc(SC)cc3)nn2)cc1. The van der Waals surface area contributed by atoms with Crippen LogP contribution in [0.1, 0.15) is 5.56 Å². The van der Waals surface area contributed by atoms with Crippen LogP contribution in [0.2, 0.25) is 0 Å². The third-order valence-electron chi connectivity index (χ3n) is 3.92. The Morgan fingerprint density at radius 1 is 0.963 bits per heavy atom. The van der Waals surface area contributed by atoms with Crippen LogP contribution in [0, 0.1) is 0 Å². The summed E-state index contributed by atoms with van der Waals surface area (Å²) in [6.07, 6.45) is 2.03. The Balaban J connectivity index is 1.69. The summed E-state index contributed by atoms with van der Waals surface area (Å²) in [5, 5.41) is 10.9. The molecule has 2 aromatic carbocycles. The molecule has 0 bridgehead atoms. The first-order chi connectivity index (χ1) is 13.0. The predicted molar refractivity (Wildman–Crippen MR) is 106 cm³/mol. The van der Waals surface area contributed by atoms with Crippen LogP contribution in [0.15, 0.2) is 75.5 Å². The number of anilines is 1. The molecule has 0 spiro atoms. The smallest absolute Gasteiger partial charge is 0.225 e. The van der Waals surface area contributed by atoms with Crippen molar-refractivity contribution in [2.45, 2.75) is 21.4 Å². The molecule has 1 heterocycles. The molecular weight excluding hydrogens is 382 g/mol. The zero-order valence-electron chi connectivity index (χ0n) is 14.9. The van der Waals surface area contributed by atoms with Gasteiger partial charge in [0, 0.05) is 11.4 Å². The number of hydrogen-bond donors (Lipinski definition) is 1. The van der Waals surface area contributed by atoms with E-state index in [-0.39, 0.29) is 9.92 Å². The van der Waals surface area contributed by atoms with E-state index in [1.165, 1.54) is 30.2 Å². The van der Waals surface area contributed by atoms with Crippen LogP contribution in [0.3, 0.4) is 0 Å². The van der Waals surface area contributed by atoms with Crippen molar-refractivity contribution >= 4 is 27.4 Å². The van der Waals surface area contributed by atoms with Crippen LogP contribution < -0.4 is 10.1 Å². The minimum Gasteiger partial charge on any atom is -0.497 e. The molecule has 0 atom stereocenters. The maximum atomic E-state index is 12.6. The molecule has 27 heavy (non-hydrogen) atoms. The van der Waals surface area contributed by atoms with E-state index >= 15 is 0 Å². The predicted octanol–water partition coefficient (Wildman–Crippen LogP) is 3.65. The summed E-state index contributed by atoms with van der Waals surface area (Å²) >= 11 is 1.69. The Kier molecular flexibility index (Phi) is 5.98. The van der Waals surface area contributed by atoms with Crippen LogP contribution >= 0.6 is 11.8 Å². The number of nitrogens with zero attached hydrogens (tertiary/aromatic N) is 2. The average Bonchev–Trinajstić information content (AvgIpc) is 2.73. The van der Waals surface area contributed by atoms with Crippen LogP contribution in [0.25, 0.3) is 0 Å². The van der Waals surface area contributed by atoms with Gasteiger partial charge in [0.25, 0.3) is 0 Å². The van der Waals surface area contributed by atoms with E-state index < -0.39 is 9.84 Å². The molecule has 3 rings (SSSR count). The Hall–Kier alpha value is -2.58. The molecule has 140 valence electrons. The summed E-state index contributed by atoms with van der Waals surface area (Å²) in [5.74, 6) is 1.10. The fourth-order valence-corrected chi connectivity index (χ4v) is 3.91. The maximum Gasteiger partial charge on any atom is 0.225 e. The summed E-state index contributed by atoms with van der Waals surface area (Å²) in [6, 6.07) is 17.4. The number of thioether (sulfide) groups is 1. The largest absolute Gasteiger partial charge is 0.497 e.